The summed E-state index contributed by atoms with van der Waals surface area (Å²) >= 11 is 17.8. The minimum Gasteiger partial charge on any atom is -0.481 e. The maximum atomic E-state index is 14.5. The molecule has 12 nitrogen and oxygen atoms in total. The lowest BCUT2D eigenvalue weighted by Gasteiger charge is -2.33. The first kappa shape index (κ1) is 89.2. The highest BCUT2D eigenvalue weighted by Crippen LogP contribution is 2.53. The molecule has 4 saturated carbocycles. The van der Waals surface area contributed by atoms with Crippen molar-refractivity contribution in [3.8, 4) is 0 Å². The average molecular weight is 1710 g/mol. The van der Waals surface area contributed by atoms with Crippen LogP contribution in [0.1, 0.15) is 183 Å². The van der Waals surface area contributed by atoms with Crippen LogP contribution in [0.4, 0.5) is 66.7 Å². The second kappa shape index (κ2) is 42.3. The van der Waals surface area contributed by atoms with Gasteiger partial charge in [0.15, 0.2) is 34.9 Å². The molecule has 5 N–H and O–H groups in total. The maximum Gasteiger partial charge on any atom is 0.306 e. The van der Waals surface area contributed by atoms with E-state index in [1.807, 2.05) is 53.9 Å². The van der Waals surface area contributed by atoms with Crippen LogP contribution in [-0.2, 0) is 9.59 Å². The molecule has 8 aromatic rings. The van der Waals surface area contributed by atoms with Crippen molar-refractivity contribution in [3.05, 3.63) is 236 Å². The minimum atomic E-state index is -1.62. The molecule has 612 valence electrons. The van der Waals surface area contributed by atoms with E-state index in [9.17, 15) is 72.7 Å². The van der Waals surface area contributed by atoms with Gasteiger partial charge in [-0.25, -0.2) is 43.9 Å². The number of rotatable bonds is 22. The molecule has 4 aliphatic carbocycles. The Balaban J connectivity index is 0.000000163. The zero-order chi connectivity index (χ0) is 82.6. The number of thioether (sulfide) groups is 4. The minimum absolute atomic E-state index is 0.00590. The molecular weight excluding hydrogens is 1620 g/mol. The van der Waals surface area contributed by atoms with Crippen molar-refractivity contribution >= 4 is 129 Å². The third-order valence-electron chi connectivity index (χ3n) is 21.0. The van der Waals surface area contributed by atoms with Gasteiger partial charge in [-0.2, -0.15) is 0 Å². The molecule has 0 radical (unpaired) electrons. The normalized spacial score (nSPS) is 18.8. The van der Waals surface area contributed by atoms with E-state index in [0.717, 1.165) is 136 Å². The first-order valence-electron chi connectivity index (χ1n) is 38.3. The van der Waals surface area contributed by atoms with Crippen molar-refractivity contribution in [2.24, 2.45) is 29.1 Å². The fourth-order valence-corrected chi connectivity index (χ4v) is 19.4. The molecule has 1 heterocycles. The van der Waals surface area contributed by atoms with Crippen LogP contribution < -0.4 is 21.3 Å². The standard InChI is InChI=1S/C25H26F4N2O2S.C22H23ClFNO3S.C20H21ClFNOS.C20H19F4NOS/c26-19-9-6-16(24(32)30-17-13-20(27)23(29)21(28)14-17)12-22(19)34-18-7-4-15(5-8-18)25(33)31-10-2-1-3-11-31;1-13-2-5-16(21(26)25-17-8-9-19(24)18(23)11-17)10-20(13)29-12-14-3-6-15(7-4-14)22(27)28;1-13-5-8-16(9-6-13)25-17-4-2-3-14(11-17)20(24)23-15-7-10-19(22)18(21)12-15;1-2-5-20(6-7-20)11-27-17-8-12(3-4-14(17)21)19(26)25-13-9-15(22)18(24)16(23)10-13/h6,9,12-15,18H,1-5,7-8,10-11H2,(H,30,32);2,5,8-11,14-15H,3-4,6-7,12H2,1H3,(H,25,26)(H,27,28);2-4,7,10-13,16H,5-6,8-9H2,1H3,(H,23,24);3-4,8-10H,2,5-7,11H2,1H3,(H,25,26). The molecule has 5 fully saturated rings. The van der Waals surface area contributed by atoms with E-state index in [-0.39, 0.29) is 72.8 Å². The van der Waals surface area contributed by atoms with Gasteiger partial charge in [0.25, 0.3) is 23.6 Å². The number of halogens is 12. The smallest absolute Gasteiger partial charge is 0.306 e. The number of piperidine rings is 1. The number of carbonyl (C=O) groups excluding carboxylic acids is 5. The van der Waals surface area contributed by atoms with Gasteiger partial charge in [0.1, 0.15) is 23.3 Å². The third-order valence-corrected chi connectivity index (χ3v) is 27.0. The predicted octanol–water partition coefficient (Wildman–Crippen LogP) is 24.8. The summed E-state index contributed by atoms with van der Waals surface area (Å²) in [5.41, 5.74) is 3.21. The van der Waals surface area contributed by atoms with E-state index < -0.39 is 76.0 Å². The van der Waals surface area contributed by atoms with E-state index in [1.165, 1.54) is 128 Å². The number of carboxylic acids is 1. The van der Waals surface area contributed by atoms with E-state index in [4.69, 9.17) is 28.3 Å². The Morgan fingerprint density at radius 1 is 0.461 bits per heavy atom. The SMILES string of the molecule is CC1CCC(Sc2cccc(C(=O)Nc3ccc(F)c(Cl)c3)c2)CC1.CCCC1(CSc2cc(C(=O)Nc3cc(F)c(F)c(F)c3)ccc2F)CC1.Cc1ccc(C(=O)Nc2ccc(F)c(Cl)c2)cc1SCC1CCC(C(=O)O)CC1.O=C(Nc1cc(F)c(F)c(F)c1)c1ccc(F)c(SC2CCC(C(=O)N3CCCCC3)CC2)c1. The van der Waals surface area contributed by atoms with Crippen molar-refractivity contribution in [2.75, 3.05) is 45.9 Å². The van der Waals surface area contributed by atoms with Gasteiger partial charge in [-0.05, 0) is 248 Å². The monoisotopic (exact) mass is 1700 g/mol. The van der Waals surface area contributed by atoms with Crippen LogP contribution in [0.15, 0.2) is 159 Å². The Morgan fingerprint density at radius 2 is 0.904 bits per heavy atom. The number of hydrogen-bond acceptors (Lipinski definition) is 10. The first-order chi connectivity index (χ1) is 55.0. The van der Waals surface area contributed by atoms with Crippen LogP contribution in [-0.4, -0.2) is 80.6 Å². The van der Waals surface area contributed by atoms with Gasteiger partial charge in [0.2, 0.25) is 5.91 Å². The van der Waals surface area contributed by atoms with E-state index >= 15 is 0 Å². The molecule has 0 aromatic heterocycles. The Bertz CT molecular complexity index is 4740. The van der Waals surface area contributed by atoms with Gasteiger partial charge in [-0.3, -0.25) is 28.8 Å². The molecule has 13 rings (SSSR count). The van der Waals surface area contributed by atoms with Crippen LogP contribution in [0.3, 0.4) is 0 Å². The fourth-order valence-electron chi connectivity index (χ4n) is 14.0. The van der Waals surface area contributed by atoms with Crippen LogP contribution in [0.25, 0.3) is 0 Å². The summed E-state index contributed by atoms with van der Waals surface area (Å²) in [4.78, 5) is 78.5. The van der Waals surface area contributed by atoms with Gasteiger partial charge in [0, 0.05) is 130 Å². The Hall–Kier alpha value is -8.14. The second-order valence-electron chi connectivity index (χ2n) is 29.8. The summed E-state index contributed by atoms with van der Waals surface area (Å²) in [5.74, 6) is -10.2. The number of nitrogens with one attached hydrogen (secondary N) is 4. The summed E-state index contributed by atoms with van der Waals surface area (Å²) in [7, 11) is 0. The highest BCUT2D eigenvalue weighted by Gasteiger charge is 2.41. The van der Waals surface area contributed by atoms with Crippen LogP contribution in [0, 0.1) is 94.2 Å². The second-order valence-corrected chi connectivity index (χ2v) is 35.4. The lowest BCUT2D eigenvalue weighted by molar-refractivity contribution is -0.143. The topological polar surface area (TPSA) is 174 Å². The van der Waals surface area contributed by atoms with E-state index in [1.54, 1.807) is 23.9 Å². The molecule has 8 aromatic carbocycles. The van der Waals surface area contributed by atoms with Crippen LogP contribution in [0.2, 0.25) is 10.0 Å². The first-order valence-corrected chi connectivity index (χ1v) is 42.8. The molecule has 0 unspecified atom stereocenters. The summed E-state index contributed by atoms with van der Waals surface area (Å²) < 4.78 is 135. The van der Waals surface area contributed by atoms with Crippen LogP contribution in [0.5, 0.6) is 0 Å². The van der Waals surface area contributed by atoms with Crippen molar-refractivity contribution in [2.45, 2.75) is 173 Å². The number of aliphatic carboxylic acids is 1. The Kier molecular flexibility index (Phi) is 32.8. The number of benzene rings is 8. The van der Waals surface area contributed by atoms with Crippen molar-refractivity contribution < 1.29 is 77.8 Å². The van der Waals surface area contributed by atoms with E-state index in [2.05, 4.69) is 35.1 Å². The summed E-state index contributed by atoms with van der Waals surface area (Å²) in [6, 6.07) is 31.9. The zero-order valence-electron chi connectivity index (χ0n) is 63.5. The van der Waals surface area contributed by atoms with Crippen molar-refractivity contribution in [1.29, 1.82) is 0 Å². The number of amides is 5. The molecule has 0 spiro atoms. The Labute approximate surface area is 690 Å². The highest BCUT2D eigenvalue weighted by atomic mass is 35.5. The molecule has 28 heteroatoms. The quantitative estimate of drug-likeness (QED) is 0.0248. The zero-order valence-corrected chi connectivity index (χ0v) is 68.3. The molecule has 5 aliphatic rings. The number of likely N-dealkylation sites (tertiary alicyclic amines) is 1. The highest BCUT2D eigenvalue weighted by molar-refractivity contribution is 8.00. The summed E-state index contributed by atoms with van der Waals surface area (Å²) in [6.45, 7) is 8.12. The molecule has 0 atom stereocenters. The molecular formula is C87H89Cl2F10N5O7S4. The number of carboxylic acid groups (broad SMARTS) is 1. The van der Waals surface area contributed by atoms with Gasteiger partial charge in [0.05, 0.1) is 16.0 Å². The van der Waals surface area contributed by atoms with Crippen molar-refractivity contribution in [1.82, 2.24) is 4.90 Å². The molecule has 1 saturated heterocycles. The Morgan fingerprint density at radius 3 is 1.40 bits per heavy atom. The maximum absolute atomic E-state index is 14.5. The molecule has 115 heavy (non-hydrogen) atoms. The van der Waals surface area contributed by atoms with Crippen LogP contribution >= 0.6 is 70.2 Å². The average Bonchev–Trinajstić information content (AvgIpc) is 1.62. The number of anilines is 4. The molecule has 0 bridgehead atoms. The van der Waals surface area contributed by atoms with Gasteiger partial charge >= 0.3 is 5.97 Å². The largest absolute Gasteiger partial charge is 0.481 e. The van der Waals surface area contributed by atoms with Crippen molar-refractivity contribution in [3.63, 3.8) is 0 Å². The fraction of sp³-hybridized carbons (Fsp3) is 0.379. The number of aryl methyl sites for hydroxylation is 1. The molecule has 5 amide bonds. The molecule has 1 aliphatic heterocycles. The predicted molar refractivity (Wildman–Crippen MR) is 438 cm³/mol. The number of hydrogen-bond donors (Lipinski definition) is 5. The number of nitrogens with zero attached hydrogens (tertiary/aromatic N) is 1. The van der Waals surface area contributed by atoms with Gasteiger partial charge in [-0.1, -0.05) is 55.6 Å². The summed E-state index contributed by atoms with van der Waals surface area (Å²) in [5, 5.41) is 19.9. The lowest BCUT2D eigenvalue weighted by atomic mass is 9.83. The lowest BCUT2D eigenvalue weighted by Crippen LogP contribution is -2.41. The van der Waals surface area contributed by atoms with E-state index in [0.29, 0.717) is 67.7 Å². The summed E-state index contributed by atoms with van der Waals surface area (Å²) in [6.07, 6.45) is 19.2. The third kappa shape index (κ3) is 26.2. The van der Waals surface area contributed by atoms with Gasteiger partial charge < -0.3 is 31.3 Å². The van der Waals surface area contributed by atoms with Gasteiger partial charge in [-0.15, -0.1) is 47.0 Å². The number of carbonyl (C=O) groups is 6.